The van der Waals surface area contributed by atoms with Crippen LogP contribution in [0.4, 0.5) is 0 Å². The summed E-state index contributed by atoms with van der Waals surface area (Å²) >= 11 is 0. The van der Waals surface area contributed by atoms with Gasteiger partial charge in [0, 0.05) is 12.4 Å². The molecule has 3 heteroatoms. The standard InChI is InChI=1S/C18H17N3/c1-3-8-15(9-4-1)18(16-10-5-2-6-11-16)21-14-17-19-12-7-13-20-17/h1-13,18,21H,14H2. The molecule has 0 aliphatic carbocycles. The number of nitrogens with zero attached hydrogens (tertiary/aromatic N) is 2. The lowest BCUT2D eigenvalue weighted by Gasteiger charge is -2.19. The minimum Gasteiger partial charge on any atom is -0.299 e. The van der Waals surface area contributed by atoms with Gasteiger partial charge in [-0.2, -0.15) is 0 Å². The minimum absolute atomic E-state index is 0.135. The molecule has 0 aliphatic heterocycles. The lowest BCUT2D eigenvalue weighted by Crippen LogP contribution is -2.23. The van der Waals surface area contributed by atoms with E-state index in [9.17, 15) is 0 Å². The zero-order valence-corrected chi connectivity index (χ0v) is 11.7. The number of hydrogen-bond acceptors (Lipinski definition) is 3. The van der Waals surface area contributed by atoms with Crippen molar-refractivity contribution >= 4 is 0 Å². The molecule has 3 rings (SSSR count). The summed E-state index contributed by atoms with van der Waals surface area (Å²) in [6.07, 6.45) is 3.54. The normalized spacial score (nSPS) is 10.7. The van der Waals surface area contributed by atoms with Gasteiger partial charge in [0.1, 0.15) is 5.82 Å². The van der Waals surface area contributed by atoms with E-state index in [1.807, 2.05) is 18.2 Å². The van der Waals surface area contributed by atoms with Crippen molar-refractivity contribution in [1.29, 1.82) is 0 Å². The zero-order valence-electron chi connectivity index (χ0n) is 11.7. The van der Waals surface area contributed by atoms with Gasteiger partial charge >= 0.3 is 0 Å². The average Bonchev–Trinajstić information content (AvgIpc) is 2.58. The number of benzene rings is 2. The molecular formula is C18H17N3. The van der Waals surface area contributed by atoms with E-state index in [-0.39, 0.29) is 6.04 Å². The van der Waals surface area contributed by atoms with Gasteiger partial charge < -0.3 is 0 Å². The van der Waals surface area contributed by atoms with Crippen molar-refractivity contribution < 1.29 is 0 Å². The summed E-state index contributed by atoms with van der Waals surface area (Å²) in [6.45, 7) is 0.634. The second kappa shape index (κ2) is 6.77. The fourth-order valence-electron chi connectivity index (χ4n) is 2.33. The number of aromatic nitrogens is 2. The van der Waals surface area contributed by atoms with Crippen LogP contribution in [0.25, 0.3) is 0 Å². The van der Waals surface area contributed by atoms with Crippen LogP contribution in [0.1, 0.15) is 23.0 Å². The smallest absolute Gasteiger partial charge is 0.141 e. The Morgan fingerprint density at radius 2 is 1.24 bits per heavy atom. The summed E-state index contributed by atoms with van der Waals surface area (Å²) < 4.78 is 0. The molecule has 0 amide bonds. The van der Waals surface area contributed by atoms with Gasteiger partial charge in [-0.3, -0.25) is 5.32 Å². The molecule has 0 radical (unpaired) electrons. The van der Waals surface area contributed by atoms with E-state index in [1.54, 1.807) is 12.4 Å². The summed E-state index contributed by atoms with van der Waals surface area (Å²) in [6, 6.07) is 22.8. The van der Waals surface area contributed by atoms with Gasteiger partial charge in [0.05, 0.1) is 12.6 Å². The Bertz CT molecular complexity index is 614. The third-order valence-corrected chi connectivity index (χ3v) is 3.35. The molecule has 3 nitrogen and oxygen atoms in total. The van der Waals surface area contributed by atoms with Crippen LogP contribution in [0.2, 0.25) is 0 Å². The predicted octanol–water partition coefficient (Wildman–Crippen LogP) is 3.36. The first kappa shape index (κ1) is 13.5. The molecule has 0 unspecified atom stereocenters. The minimum atomic E-state index is 0.135. The van der Waals surface area contributed by atoms with E-state index in [0.717, 1.165) is 5.82 Å². The highest BCUT2D eigenvalue weighted by atomic mass is 15.0. The quantitative estimate of drug-likeness (QED) is 0.776. The zero-order chi connectivity index (χ0) is 14.3. The molecule has 0 saturated heterocycles. The van der Waals surface area contributed by atoms with Crippen LogP contribution in [0.15, 0.2) is 79.1 Å². The molecule has 104 valence electrons. The second-order valence-electron chi connectivity index (χ2n) is 4.80. The first-order valence-electron chi connectivity index (χ1n) is 7.02. The fraction of sp³-hybridized carbons (Fsp3) is 0.111. The maximum atomic E-state index is 4.26. The van der Waals surface area contributed by atoms with Crippen LogP contribution < -0.4 is 5.32 Å². The molecule has 0 fully saturated rings. The van der Waals surface area contributed by atoms with E-state index in [0.29, 0.717) is 6.54 Å². The Kier molecular flexibility index (Phi) is 4.34. The topological polar surface area (TPSA) is 37.8 Å². The molecular weight excluding hydrogens is 258 g/mol. The van der Waals surface area contributed by atoms with Crippen LogP contribution in [-0.4, -0.2) is 9.97 Å². The van der Waals surface area contributed by atoms with Crippen molar-refractivity contribution in [2.24, 2.45) is 0 Å². The Balaban J connectivity index is 1.83. The number of nitrogens with one attached hydrogen (secondary N) is 1. The van der Waals surface area contributed by atoms with Crippen molar-refractivity contribution in [1.82, 2.24) is 15.3 Å². The second-order valence-corrected chi connectivity index (χ2v) is 4.80. The highest BCUT2D eigenvalue weighted by molar-refractivity contribution is 5.31. The van der Waals surface area contributed by atoms with E-state index >= 15 is 0 Å². The van der Waals surface area contributed by atoms with Crippen LogP contribution >= 0.6 is 0 Å². The Hall–Kier alpha value is -2.52. The van der Waals surface area contributed by atoms with Gasteiger partial charge in [0.25, 0.3) is 0 Å². The van der Waals surface area contributed by atoms with Crippen molar-refractivity contribution in [3.63, 3.8) is 0 Å². The average molecular weight is 275 g/mol. The van der Waals surface area contributed by atoms with Crippen molar-refractivity contribution in [2.45, 2.75) is 12.6 Å². The largest absolute Gasteiger partial charge is 0.299 e. The monoisotopic (exact) mass is 275 g/mol. The third kappa shape index (κ3) is 3.52. The highest BCUT2D eigenvalue weighted by Crippen LogP contribution is 2.21. The predicted molar refractivity (Wildman–Crippen MR) is 83.6 cm³/mol. The molecule has 3 aromatic rings. The summed E-state index contributed by atoms with van der Waals surface area (Å²) in [5, 5.41) is 3.54. The SMILES string of the molecule is c1ccc(C(NCc2ncccn2)c2ccccc2)cc1. The summed E-state index contributed by atoms with van der Waals surface area (Å²) in [5.41, 5.74) is 2.47. The van der Waals surface area contributed by atoms with Crippen LogP contribution in [0.5, 0.6) is 0 Å². The molecule has 1 aromatic heterocycles. The molecule has 0 atom stereocenters. The van der Waals surface area contributed by atoms with E-state index in [2.05, 4.69) is 63.8 Å². The highest BCUT2D eigenvalue weighted by Gasteiger charge is 2.13. The Labute approximate surface area is 124 Å². The summed E-state index contributed by atoms with van der Waals surface area (Å²) in [4.78, 5) is 8.53. The number of hydrogen-bond donors (Lipinski definition) is 1. The van der Waals surface area contributed by atoms with Crippen LogP contribution in [0, 0.1) is 0 Å². The lowest BCUT2D eigenvalue weighted by molar-refractivity contribution is 0.586. The van der Waals surface area contributed by atoms with Crippen LogP contribution in [-0.2, 0) is 6.54 Å². The fourth-order valence-corrected chi connectivity index (χ4v) is 2.33. The van der Waals surface area contributed by atoms with E-state index in [4.69, 9.17) is 0 Å². The van der Waals surface area contributed by atoms with Gasteiger partial charge in [-0.15, -0.1) is 0 Å². The maximum absolute atomic E-state index is 4.26. The molecule has 1 N–H and O–H groups in total. The van der Waals surface area contributed by atoms with Gasteiger partial charge in [-0.05, 0) is 17.2 Å². The van der Waals surface area contributed by atoms with Gasteiger partial charge in [0.15, 0.2) is 0 Å². The van der Waals surface area contributed by atoms with Crippen molar-refractivity contribution in [2.75, 3.05) is 0 Å². The molecule has 2 aromatic carbocycles. The Morgan fingerprint density at radius 1 is 0.714 bits per heavy atom. The van der Waals surface area contributed by atoms with Gasteiger partial charge in [-0.1, -0.05) is 60.7 Å². The molecule has 1 heterocycles. The molecule has 0 saturated carbocycles. The summed E-state index contributed by atoms with van der Waals surface area (Å²) in [7, 11) is 0. The molecule has 21 heavy (non-hydrogen) atoms. The Morgan fingerprint density at radius 3 is 1.76 bits per heavy atom. The molecule has 0 bridgehead atoms. The molecule has 0 spiro atoms. The summed E-state index contributed by atoms with van der Waals surface area (Å²) in [5.74, 6) is 0.800. The van der Waals surface area contributed by atoms with E-state index < -0.39 is 0 Å². The van der Waals surface area contributed by atoms with Gasteiger partial charge in [-0.25, -0.2) is 9.97 Å². The first-order valence-corrected chi connectivity index (χ1v) is 7.02. The number of rotatable bonds is 5. The first-order chi connectivity index (χ1) is 10.4. The molecule has 0 aliphatic rings. The van der Waals surface area contributed by atoms with Crippen LogP contribution in [0.3, 0.4) is 0 Å². The van der Waals surface area contributed by atoms with Gasteiger partial charge in [0.2, 0.25) is 0 Å². The van der Waals surface area contributed by atoms with E-state index in [1.165, 1.54) is 11.1 Å². The van der Waals surface area contributed by atoms with Crippen molar-refractivity contribution in [3.05, 3.63) is 96.1 Å². The third-order valence-electron chi connectivity index (χ3n) is 3.35. The maximum Gasteiger partial charge on any atom is 0.141 e. The van der Waals surface area contributed by atoms with Crippen molar-refractivity contribution in [3.8, 4) is 0 Å². The lowest BCUT2D eigenvalue weighted by atomic mass is 9.99.